The molecule has 0 heterocycles. The summed E-state index contributed by atoms with van der Waals surface area (Å²) in [4.78, 5) is 10.7. The summed E-state index contributed by atoms with van der Waals surface area (Å²) in [6.07, 6.45) is 4.33. The van der Waals surface area contributed by atoms with Crippen molar-refractivity contribution in [1.82, 2.24) is 0 Å². The van der Waals surface area contributed by atoms with E-state index in [0.717, 1.165) is 24.7 Å². The lowest BCUT2D eigenvalue weighted by molar-refractivity contribution is -0.119. The van der Waals surface area contributed by atoms with E-state index in [1.165, 1.54) is 6.42 Å². The lowest BCUT2D eigenvalue weighted by Crippen LogP contribution is -2.38. The largest absolute Gasteiger partial charge is 0.378 e. The van der Waals surface area contributed by atoms with Gasteiger partial charge in [-0.1, -0.05) is 13.8 Å². The van der Waals surface area contributed by atoms with Crippen LogP contribution in [0, 0.1) is 11.8 Å². The van der Waals surface area contributed by atoms with E-state index in [9.17, 15) is 4.79 Å². The van der Waals surface area contributed by atoms with E-state index in [2.05, 4.69) is 13.8 Å². The van der Waals surface area contributed by atoms with Crippen LogP contribution in [0.3, 0.4) is 0 Å². The van der Waals surface area contributed by atoms with Crippen molar-refractivity contribution in [3.8, 4) is 0 Å². The highest BCUT2D eigenvalue weighted by atomic mass is 16.5. The van der Waals surface area contributed by atoms with Crippen LogP contribution < -0.4 is 11.5 Å². The summed E-state index contributed by atoms with van der Waals surface area (Å²) in [7, 11) is 0. The van der Waals surface area contributed by atoms with Crippen LogP contribution in [-0.2, 0) is 9.53 Å². The molecule has 1 fully saturated rings. The average Bonchev–Trinajstić information content (AvgIpc) is 2.23. The predicted molar refractivity (Wildman–Crippen MR) is 63.7 cm³/mol. The fourth-order valence-corrected chi connectivity index (χ4v) is 2.15. The lowest BCUT2D eigenvalue weighted by Gasteiger charge is -2.32. The van der Waals surface area contributed by atoms with Crippen molar-refractivity contribution >= 4 is 5.91 Å². The third-order valence-corrected chi connectivity index (χ3v) is 3.70. The van der Waals surface area contributed by atoms with Crippen molar-refractivity contribution in [2.45, 2.75) is 51.7 Å². The van der Waals surface area contributed by atoms with E-state index in [4.69, 9.17) is 16.2 Å². The minimum Gasteiger partial charge on any atom is -0.378 e. The molecule has 94 valence electrons. The minimum atomic E-state index is -0.570. The van der Waals surface area contributed by atoms with E-state index < -0.39 is 11.9 Å². The molecule has 0 saturated heterocycles. The number of carbonyl (C=O) groups excluding carboxylic acids is 1. The molecule has 1 rings (SSSR count). The van der Waals surface area contributed by atoms with Crippen LogP contribution in [0.1, 0.15) is 39.5 Å². The molecule has 0 radical (unpaired) electrons. The van der Waals surface area contributed by atoms with Crippen molar-refractivity contribution in [2.75, 3.05) is 6.61 Å². The Hall–Kier alpha value is -0.610. The van der Waals surface area contributed by atoms with Crippen LogP contribution in [0.4, 0.5) is 0 Å². The Morgan fingerprint density at radius 1 is 1.38 bits per heavy atom. The molecule has 0 aromatic rings. The number of nitrogens with two attached hydrogens (primary N) is 2. The summed E-state index contributed by atoms with van der Waals surface area (Å²) < 4.78 is 5.73. The molecule has 4 nitrogen and oxygen atoms in total. The summed E-state index contributed by atoms with van der Waals surface area (Å²) in [5, 5.41) is 0. The second-order valence-corrected chi connectivity index (χ2v) is 5.06. The molecule has 4 heteroatoms. The van der Waals surface area contributed by atoms with Crippen LogP contribution in [0.5, 0.6) is 0 Å². The number of carbonyl (C=O) groups is 1. The van der Waals surface area contributed by atoms with Gasteiger partial charge in [0.25, 0.3) is 0 Å². The van der Waals surface area contributed by atoms with Gasteiger partial charge in [-0.3, -0.25) is 4.79 Å². The second kappa shape index (κ2) is 6.21. The van der Waals surface area contributed by atoms with Crippen molar-refractivity contribution in [3.63, 3.8) is 0 Å². The average molecular weight is 228 g/mol. The van der Waals surface area contributed by atoms with Gasteiger partial charge in [-0.2, -0.15) is 0 Å². The quantitative estimate of drug-likeness (QED) is 0.737. The number of rotatable bonds is 5. The van der Waals surface area contributed by atoms with Gasteiger partial charge in [0.2, 0.25) is 5.91 Å². The van der Waals surface area contributed by atoms with Gasteiger partial charge in [0.05, 0.1) is 12.1 Å². The molecule has 0 aliphatic heterocycles. The van der Waals surface area contributed by atoms with Gasteiger partial charge in [-0.15, -0.1) is 0 Å². The normalized spacial score (nSPS) is 32.3. The molecule has 1 amide bonds. The standard InChI is InChI=1S/C12H24N2O2/c1-8-3-4-10(7-9(8)2)16-6-5-11(13)12(14)15/h8-11H,3-7,13H2,1-2H3,(H2,14,15). The van der Waals surface area contributed by atoms with Crippen molar-refractivity contribution in [2.24, 2.45) is 23.3 Å². The fraction of sp³-hybridized carbons (Fsp3) is 0.917. The first-order valence-electron chi connectivity index (χ1n) is 6.17. The van der Waals surface area contributed by atoms with E-state index in [1.54, 1.807) is 0 Å². The molecule has 1 aliphatic carbocycles. The predicted octanol–water partition coefficient (Wildman–Crippen LogP) is 1.03. The molecule has 1 saturated carbocycles. The Balaban J connectivity index is 2.16. The SMILES string of the molecule is CC1CCC(OCCC(N)C(N)=O)CC1C. The van der Waals surface area contributed by atoms with Gasteiger partial charge >= 0.3 is 0 Å². The van der Waals surface area contributed by atoms with Gasteiger partial charge < -0.3 is 16.2 Å². The maximum absolute atomic E-state index is 10.7. The molecular weight excluding hydrogens is 204 g/mol. The summed E-state index contributed by atoms with van der Waals surface area (Å²) in [6.45, 7) is 5.11. The van der Waals surface area contributed by atoms with Crippen LogP contribution in [0.15, 0.2) is 0 Å². The van der Waals surface area contributed by atoms with Crippen LogP contribution in [-0.4, -0.2) is 24.7 Å². The van der Waals surface area contributed by atoms with Gasteiger partial charge in [0.1, 0.15) is 0 Å². The van der Waals surface area contributed by atoms with Gasteiger partial charge in [-0.25, -0.2) is 0 Å². The maximum Gasteiger partial charge on any atom is 0.234 e. The molecular formula is C12H24N2O2. The zero-order valence-corrected chi connectivity index (χ0v) is 10.3. The summed E-state index contributed by atoms with van der Waals surface area (Å²) >= 11 is 0. The third kappa shape index (κ3) is 4.10. The highest BCUT2D eigenvalue weighted by Gasteiger charge is 2.25. The zero-order chi connectivity index (χ0) is 12.1. The number of hydrogen-bond acceptors (Lipinski definition) is 3. The molecule has 0 aromatic carbocycles. The number of amides is 1. The number of hydrogen-bond donors (Lipinski definition) is 2. The highest BCUT2D eigenvalue weighted by Crippen LogP contribution is 2.30. The van der Waals surface area contributed by atoms with Crippen molar-refractivity contribution in [3.05, 3.63) is 0 Å². The Kier molecular flexibility index (Phi) is 5.22. The Morgan fingerprint density at radius 2 is 2.06 bits per heavy atom. The second-order valence-electron chi connectivity index (χ2n) is 5.06. The van der Waals surface area contributed by atoms with E-state index in [1.807, 2.05) is 0 Å². The minimum absolute atomic E-state index is 0.339. The Bertz CT molecular complexity index is 233. The van der Waals surface area contributed by atoms with Crippen LogP contribution in [0.25, 0.3) is 0 Å². The summed E-state index contributed by atoms with van der Waals surface area (Å²) in [5.41, 5.74) is 10.6. The molecule has 4 atom stereocenters. The molecule has 16 heavy (non-hydrogen) atoms. The lowest BCUT2D eigenvalue weighted by atomic mass is 9.80. The molecule has 1 aliphatic rings. The van der Waals surface area contributed by atoms with Crippen LogP contribution >= 0.6 is 0 Å². The molecule has 0 aromatic heterocycles. The Morgan fingerprint density at radius 3 is 2.62 bits per heavy atom. The van der Waals surface area contributed by atoms with E-state index in [0.29, 0.717) is 19.1 Å². The van der Waals surface area contributed by atoms with E-state index in [-0.39, 0.29) is 0 Å². The monoisotopic (exact) mass is 228 g/mol. The van der Waals surface area contributed by atoms with E-state index >= 15 is 0 Å². The smallest absolute Gasteiger partial charge is 0.234 e. The Labute approximate surface area is 97.7 Å². The first-order chi connectivity index (χ1) is 7.50. The van der Waals surface area contributed by atoms with Crippen molar-refractivity contribution < 1.29 is 9.53 Å². The first kappa shape index (κ1) is 13.5. The molecule has 4 N–H and O–H groups in total. The van der Waals surface area contributed by atoms with Gasteiger partial charge in [0, 0.05) is 6.61 Å². The first-order valence-corrected chi connectivity index (χ1v) is 6.17. The number of ether oxygens (including phenoxy) is 1. The summed E-state index contributed by atoms with van der Waals surface area (Å²) in [6, 6.07) is -0.570. The van der Waals surface area contributed by atoms with Gasteiger partial charge in [-0.05, 0) is 37.5 Å². The number of primary amides is 1. The van der Waals surface area contributed by atoms with Crippen LogP contribution in [0.2, 0.25) is 0 Å². The molecule has 0 spiro atoms. The maximum atomic E-state index is 10.7. The van der Waals surface area contributed by atoms with Gasteiger partial charge in [0.15, 0.2) is 0 Å². The molecule has 4 unspecified atom stereocenters. The topological polar surface area (TPSA) is 78.3 Å². The summed E-state index contributed by atoms with van der Waals surface area (Å²) in [5.74, 6) is 1.07. The third-order valence-electron chi connectivity index (χ3n) is 3.70. The fourth-order valence-electron chi connectivity index (χ4n) is 2.15. The molecule has 0 bridgehead atoms. The highest BCUT2D eigenvalue weighted by molar-refractivity contribution is 5.79. The van der Waals surface area contributed by atoms with Crippen molar-refractivity contribution in [1.29, 1.82) is 0 Å². The zero-order valence-electron chi connectivity index (χ0n) is 10.3.